The summed E-state index contributed by atoms with van der Waals surface area (Å²) in [7, 11) is 0. The minimum Gasteiger partial charge on any atom is -0.353 e. The average Bonchev–Trinajstić information content (AvgIpc) is 2.63. The molecule has 0 aliphatic carbocycles. The molecule has 6 heteroatoms. The van der Waals surface area contributed by atoms with Gasteiger partial charge in [0.2, 0.25) is 5.91 Å². The van der Waals surface area contributed by atoms with Crippen molar-refractivity contribution in [2.45, 2.75) is 19.9 Å². The van der Waals surface area contributed by atoms with Crippen LogP contribution in [0, 0.1) is 6.92 Å². The van der Waals surface area contributed by atoms with Crippen molar-refractivity contribution in [1.82, 2.24) is 20.2 Å². The molecule has 1 atom stereocenters. The Morgan fingerprint density at radius 1 is 1.20 bits per heavy atom. The van der Waals surface area contributed by atoms with E-state index in [0.717, 1.165) is 32.0 Å². The van der Waals surface area contributed by atoms with Crippen molar-refractivity contribution in [3.05, 3.63) is 54.0 Å². The molecule has 1 aromatic carbocycles. The van der Waals surface area contributed by atoms with E-state index in [0.29, 0.717) is 6.54 Å². The fourth-order valence-electron chi connectivity index (χ4n) is 3.23. The van der Waals surface area contributed by atoms with Gasteiger partial charge in [-0.25, -0.2) is 4.98 Å². The molecule has 1 aromatic heterocycles. The highest BCUT2D eigenvalue weighted by Gasteiger charge is 2.20. The van der Waals surface area contributed by atoms with Gasteiger partial charge in [-0.05, 0) is 25.0 Å². The predicted molar refractivity (Wildman–Crippen MR) is 98.4 cm³/mol. The number of benzene rings is 1. The number of amides is 1. The number of hydrogen-bond donors (Lipinski definition) is 1. The summed E-state index contributed by atoms with van der Waals surface area (Å²) in [6.45, 7) is 7.96. The maximum atomic E-state index is 12.4. The first-order chi connectivity index (χ1) is 12.1. The summed E-state index contributed by atoms with van der Waals surface area (Å²) < 4.78 is 0. The van der Waals surface area contributed by atoms with E-state index in [1.807, 2.05) is 19.1 Å². The maximum Gasteiger partial charge on any atom is 0.234 e. The number of anilines is 1. The second-order valence-electron chi connectivity index (χ2n) is 6.47. The molecule has 0 bridgehead atoms. The summed E-state index contributed by atoms with van der Waals surface area (Å²) >= 11 is 0. The van der Waals surface area contributed by atoms with Crippen molar-refractivity contribution < 1.29 is 4.79 Å². The molecule has 1 amide bonds. The Balaban J connectivity index is 1.47. The third-order valence-electron chi connectivity index (χ3n) is 4.65. The van der Waals surface area contributed by atoms with Crippen molar-refractivity contribution in [2.24, 2.45) is 0 Å². The fourth-order valence-corrected chi connectivity index (χ4v) is 3.23. The van der Waals surface area contributed by atoms with Gasteiger partial charge in [-0.15, -0.1) is 0 Å². The first-order valence-corrected chi connectivity index (χ1v) is 8.71. The van der Waals surface area contributed by atoms with E-state index in [1.54, 1.807) is 18.6 Å². The van der Waals surface area contributed by atoms with Crippen LogP contribution in [0.15, 0.2) is 42.9 Å². The lowest BCUT2D eigenvalue weighted by molar-refractivity contribution is -0.123. The molecule has 2 aromatic rings. The lowest BCUT2D eigenvalue weighted by Gasteiger charge is -2.34. The highest BCUT2D eigenvalue weighted by molar-refractivity contribution is 5.78. The van der Waals surface area contributed by atoms with Crippen LogP contribution in [-0.4, -0.2) is 53.5 Å². The van der Waals surface area contributed by atoms with Gasteiger partial charge in [0.15, 0.2) is 0 Å². The predicted octanol–water partition coefficient (Wildman–Crippen LogP) is 1.78. The van der Waals surface area contributed by atoms with Crippen molar-refractivity contribution >= 4 is 11.7 Å². The molecule has 0 spiro atoms. The van der Waals surface area contributed by atoms with E-state index in [-0.39, 0.29) is 11.9 Å². The topological polar surface area (TPSA) is 61.4 Å². The number of piperazine rings is 1. The average molecular weight is 339 g/mol. The number of aromatic nitrogens is 2. The maximum absolute atomic E-state index is 12.4. The summed E-state index contributed by atoms with van der Waals surface area (Å²) in [4.78, 5) is 25.2. The van der Waals surface area contributed by atoms with Crippen molar-refractivity contribution in [3.8, 4) is 0 Å². The lowest BCUT2D eigenvalue weighted by Crippen LogP contribution is -2.50. The first-order valence-electron chi connectivity index (χ1n) is 8.71. The Morgan fingerprint density at radius 2 is 1.96 bits per heavy atom. The van der Waals surface area contributed by atoms with Gasteiger partial charge in [0.1, 0.15) is 5.82 Å². The number of carbonyl (C=O) groups excluding carboxylic acids is 1. The second-order valence-corrected chi connectivity index (χ2v) is 6.47. The Kier molecular flexibility index (Phi) is 5.60. The van der Waals surface area contributed by atoms with E-state index >= 15 is 0 Å². The van der Waals surface area contributed by atoms with E-state index in [1.165, 1.54) is 11.1 Å². The summed E-state index contributed by atoms with van der Waals surface area (Å²) in [6, 6.07) is 8.19. The SMILES string of the molecule is Cc1ccccc1[C@@H](C)NC(=O)CN1CCN(c2cnccn2)CC1. The summed E-state index contributed by atoms with van der Waals surface area (Å²) in [5.41, 5.74) is 2.37. The zero-order valence-electron chi connectivity index (χ0n) is 14.9. The third-order valence-corrected chi connectivity index (χ3v) is 4.65. The molecule has 1 aliphatic heterocycles. The zero-order valence-corrected chi connectivity index (χ0v) is 14.9. The highest BCUT2D eigenvalue weighted by Crippen LogP contribution is 2.16. The van der Waals surface area contributed by atoms with Crippen LogP contribution in [0.2, 0.25) is 0 Å². The molecule has 1 N–H and O–H groups in total. The first kappa shape index (κ1) is 17.4. The second kappa shape index (κ2) is 8.07. The molecule has 132 valence electrons. The molecule has 25 heavy (non-hydrogen) atoms. The molecular weight excluding hydrogens is 314 g/mol. The number of hydrogen-bond acceptors (Lipinski definition) is 5. The van der Waals surface area contributed by atoms with E-state index in [4.69, 9.17) is 0 Å². The van der Waals surface area contributed by atoms with Crippen molar-refractivity contribution in [1.29, 1.82) is 0 Å². The van der Waals surface area contributed by atoms with Gasteiger partial charge < -0.3 is 10.2 Å². The van der Waals surface area contributed by atoms with Crippen LogP contribution in [0.5, 0.6) is 0 Å². The molecule has 3 rings (SSSR count). The smallest absolute Gasteiger partial charge is 0.234 e. The Hall–Kier alpha value is -2.47. The normalized spacial score (nSPS) is 16.5. The Labute approximate surface area is 148 Å². The molecule has 1 fully saturated rings. The van der Waals surface area contributed by atoms with Crippen LogP contribution in [0.1, 0.15) is 24.1 Å². The van der Waals surface area contributed by atoms with Crippen LogP contribution in [-0.2, 0) is 4.79 Å². The van der Waals surface area contributed by atoms with Crippen LogP contribution >= 0.6 is 0 Å². The van der Waals surface area contributed by atoms with E-state index < -0.39 is 0 Å². The summed E-state index contributed by atoms with van der Waals surface area (Å²) in [5.74, 6) is 0.975. The highest BCUT2D eigenvalue weighted by atomic mass is 16.2. The number of nitrogens with zero attached hydrogens (tertiary/aromatic N) is 4. The number of nitrogens with one attached hydrogen (secondary N) is 1. The van der Waals surface area contributed by atoms with Gasteiger partial charge in [0, 0.05) is 38.6 Å². The minimum absolute atomic E-state index is 0.0228. The number of carbonyl (C=O) groups is 1. The van der Waals surface area contributed by atoms with Gasteiger partial charge in [0.05, 0.1) is 18.8 Å². The lowest BCUT2D eigenvalue weighted by atomic mass is 10.0. The van der Waals surface area contributed by atoms with Gasteiger partial charge in [-0.3, -0.25) is 14.7 Å². The van der Waals surface area contributed by atoms with Crippen LogP contribution in [0.25, 0.3) is 0 Å². The molecule has 0 radical (unpaired) electrons. The molecule has 1 aliphatic rings. The zero-order chi connectivity index (χ0) is 17.6. The number of rotatable bonds is 5. The fraction of sp³-hybridized carbons (Fsp3) is 0.421. The van der Waals surface area contributed by atoms with Gasteiger partial charge >= 0.3 is 0 Å². The molecule has 1 saturated heterocycles. The summed E-state index contributed by atoms with van der Waals surface area (Å²) in [6.07, 6.45) is 5.17. The molecule has 2 heterocycles. The van der Waals surface area contributed by atoms with Crippen LogP contribution in [0.3, 0.4) is 0 Å². The van der Waals surface area contributed by atoms with Gasteiger partial charge in [-0.1, -0.05) is 24.3 Å². The molecule has 6 nitrogen and oxygen atoms in total. The Morgan fingerprint density at radius 3 is 2.64 bits per heavy atom. The monoisotopic (exact) mass is 339 g/mol. The molecule has 0 unspecified atom stereocenters. The van der Waals surface area contributed by atoms with Crippen molar-refractivity contribution in [2.75, 3.05) is 37.6 Å². The quantitative estimate of drug-likeness (QED) is 0.900. The van der Waals surface area contributed by atoms with E-state index in [9.17, 15) is 4.79 Å². The molecular formula is C19H25N5O. The van der Waals surface area contributed by atoms with E-state index in [2.05, 4.69) is 44.1 Å². The minimum atomic E-state index is 0.0228. The van der Waals surface area contributed by atoms with Crippen LogP contribution in [0.4, 0.5) is 5.82 Å². The number of aryl methyl sites for hydroxylation is 1. The Bertz CT molecular complexity index is 698. The largest absolute Gasteiger partial charge is 0.353 e. The van der Waals surface area contributed by atoms with Gasteiger partial charge in [0.25, 0.3) is 0 Å². The van der Waals surface area contributed by atoms with Crippen molar-refractivity contribution in [3.63, 3.8) is 0 Å². The molecule has 0 saturated carbocycles. The third kappa shape index (κ3) is 4.54. The summed E-state index contributed by atoms with van der Waals surface area (Å²) in [5, 5.41) is 3.11. The van der Waals surface area contributed by atoms with Gasteiger partial charge in [-0.2, -0.15) is 0 Å². The van der Waals surface area contributed by atoms with Crippen LogP contribution < -0.4 is 10.2 Å². The standard InChI is InChI=1S/C19H25N5O/c1-15-5-3-4-6-17(15)16(2)22-19(25)14-23-9-11-24(12-10-23)18-13-20-7-8-21-18/h3-8,13,16H,9-12,14H2,1-2H3,(H,22,25)/t16-/m1/s1.